The molecule has 0 saturated heterocycles. The average molecular weight is 380 g/mol. The number of aryl methyl sites for hydroxylation is 2. The zero-order valence-electron chi connectivity index (χ0n) is 15.1. The molecule has 138 valence electrons. The van der Waals surface area contributed by atoms with E-state index >= 15 is 0 Å². The Morgan fingerprint density at radius 1 is 0.963 bits per heavy atom. The molecule has 0 bridgehead atoms. The summed E-state index contributed by atoms with van der Waals surface area (Å²) in [6, 6.07) is 16.5. The second-order valence-corrected chi connectivity index (χ2v) is 7.11. The molecule has 1 aromatic heterocycles. The Labute approximate surface area is 162 Å². The van der Waals surface area contributed by atoms with Gasteiger partial charge in [0.05, 0.1) is 12.0 Å². The molecule has 6 heteroatoms. The largest absolute Gasteiger partial charge is 0.459 e. The van der Waals surface area contributed by atoms with Gasteiger partial charge in [-0.15, -0.1) is 11.8 Å². The van der Waals surface area contributed by atoms with Crippen molar-refractivity contribution in [1.82, 2.24) is 0 Å². The van der Waals surface area contributed by atoms with Crippen LogP contribution in [-0.2, 0) is 4.79 Å². The second-order valence-electron chi connectivity index (χ2n) is 6.06. The minimum Gasteiger partial charge on any atom is -0.459 e. The maximum atomic E-state index is 12.3. The number of thioether (sulfide) groups is 1. The van der Waals surface area contributed by atoms with Gasteiger partial charge in [-0.1, -0.05) is 24.3 Å². The number of amides is 2. The molecule has 3 rings (SSSR count). The number of hydrogen-bond donors (Lipinski definition) is 2. The fraction of sp³-hybridized carbons (Fsp3) is 0.143. The summed E-state index contributed by atoms with van der Waals surface area (Å²) in [6.07, 6.45) is 1.45. The van der Waals surface area contributed by atoms with E-state index in [1.807, 2.05) is 50.2 Å². The van der Waals surface area contributed by atoms with Crippen LogP contribution in [0.1, 0.15) is 21.7 Å². The van der Waals surface area contributed by atoms with Crippen LogP contribution in [0.2, 0.25) is 0 Å². The van der Waals surface area contributed by atoms with Gasteiger partial charge in [0.2, 0.25) is 5.91 Å². The fourth-order valence-electron chi connectivity index (χ4n) is 2.60. The van der Waals surface area contributed by atoms with Crippen molar-refractivity contribution in [3.63, 3.8) is 0 Å². The van der Waals surface area contributed by atoms with Crippen LogP contribution in [0.15, 0.2) is 70.2 Å². The van der Waals surface area contributed by atoms with Gasteiger partial charge in [0.15, 0.2) is 5.76 Å². The van der Waals surface area contributed by atoms with Crippen molar-refractivity contribution in [1.29, 1.82) is 0 Å². The summed E-state index contributed by atoms with van der Waals surface area (Å²) in [7, 11) is 0. The van der Waals surface area contributed by atoms with Gasteiger partial charge in [-0.3, -0.25) is 9.59 Å². The Morgan fingerprint density at radius 2 is 1.70 bits per heavy atom. The van der Waals surface area contributed by atoms with E-state index in [9.17, 15) is 9.59 Å². The molecule has 0 aliphatic rings. The number of carbonyl (C=O) groups excluding carboxylic acids is 2. The van der Waals surface area contributed by atoms with Crippen molar-refractivity contribution >= 4 is 35.0 Å². The maximum Gasteiger partial charge on any atom is 0.291 e. The van der Waals surface area contributed by atoms with E-state index in [4.69, 9.17) is 4.42 Å². The number of furan rings is 1. The normalized spacial score (nSPS) is 10.4. The van der Waals surface area contributed by atoms with E-state index in [1.54, 1.807) is 18.2 Å². The molecular formula is C21H20N2O3S. The maximum absolute atomic E-state index is 12.3. The van der Waals surface area contributed by atoms with E-state index in [0.717, 1.165) is 21.7 Å². The predicted molar refractivity (Wildman–Crippen MR) is 108 cm³/mol. The van der Waals surface area contributed by atoms with E-state index < -0.39 is 0 Å². The van der Waals surface area contributed by atoms with Crippen LogP contribution in [0.5, 0.6) is 0 Å². The predicted octanol–water partition coefficient (Wildman–Crippen LogP) is 4.88. The lowest BCUT2D eigenvalue weighted by molar-refractivity contribution is -0.113. The van der Waals surface area contributed by atoms with Gasteiger partial charge < -0.3 is 15.1 Å². The fourth-order valence-corrected chi connectivity index (χ4v) is 3.36. The molecule has 27 heavy (non-hydrogen) atoms. The lowest BCUT2D eigenvalue weighted by Gasteiger charge is -2.11. The number of rotatable bonds is 6. The first kappa shape index (κ1) is 18.8. The van der Waals surface area contributed by atoms with Crippen LogP contribution in [0.25, 0.3) is 0 Å². The van der Waals surface area contributed by atoms with Crippen LogP contribution in [0.3, 0.4) is 0 Å². The lowest BCUT2D eigenvalue weighted by atomic mass is 10.1. The molecule has 1 heterocycles. The zero-order chi connectivity index (χ0) is 19.2. The number of para-hydroxylation sites is 1. The first-order chi connectivity index (χ1) is 13.0. The quantitative estimate of drug-likeness (QED) is 0.598. The zero-order valence-corrected chi connectivity index (χ0v) is 15.9. The van der Waals surface area contributed by atoms with Gasteiger partial charge in [-0.2, -0.15) is 0 Å². The molecule has 2 amide bonds. The summed E-state index contributed by atoms with van der Waals surface area (Å²) in [4.78, 5) is 25.2. The minimum absolute atomic E-state index is 0.0672. The first-order valence-corrected chi connectivity index (χ1v) is 9.45. The first-order valence-electron chi connectivity index (χ1n) is 8.47. The molecular weight excluding hydrogens is 360 g/mol. The highest BCUT2D eigenvalue weighted by Crippen LogP contribution is 2.24. The summed E-state index contributed by atoms with van der Waals surface area (Å²) in [5, 5.41) is 5.75. The van der Waals surface area contributed by atoms with Gasteiger partial charge >= 0.3 is 0 Å². The monoisotopic (exact) mass is 380 g/mol. The van der Waals surface area contributed by atoms with Crippen molar-refractivity contribution in [2.45, 2.75) is 18.7 Å². The highest BCUT2D eigenvalue weighted by molar-refractivity contribution is 8.00. The standard InChI is InChI=1S/C21H20N2O3S/c1-14-6-3-7-15(2)20(14)23-19(24)13-27-17-9-4-8-16(12-17)22-21(25)18-10-5-11-26-18/h3-12H,13H2,1-2H3,(H,22,25)(H,23,24). The topological polar surface area (TPSA) is 71.3 Å². The van der Waals surface area contributed by atoms with Crippen LogP contribution in [0, 0.1) is 13.8 Å². The van der Waals surface area contributed by atoms with Gasteiger partial charge in [0, 0.05) is 16.3 Å². The third-order valence-electron chi connectivity index (χ3n) is 3.95. The molecule has 0 saturated carbocycles. The SMILES string of the molecule is Cc1cccc(C)c1NC(=O)CSc1cccc(NC(=O)c2ccco2)c1. The van der Waals surface area contributed by atoms with Crippen LogP contribution < -0.4 is 10.6 Å². The summed E-state index contributed by atoms with van der Waals surface area (Å²) in [6.45, 7) is 3.95. The molecule has 3 aromatic rings. The van der Waals surface area contributed by atoms with E-state index in [1.165, 1.54) is 18.0 Å². The number of nitrogens with one attached hydrogen (secondary N) is 2. The Bertz CT molecular complexity index is 932. The summed E-state index contributed by atoms with van der Waals surface area (Å²) in [5.74, 6) is 0.155. The van der Waals surface area contributed by atoms with Gasteiger partial charge in [-0.05, 0) is 55.3 Å². The summed E-state index contributed by atoms with van der Waals surface area (Å²) in [5.41, 5.74) is 3.59. The summed E-state index contributed by atoms with van der Waals surface area (Å²) >= 11 is 1.41. The molecule has 2 N–H and O–H groups in total. The molecule has 0 aliphatic heterocycles. The second kappa shape index (κ2) is 8.60. The third-order valence-corrected chi connectivity index (χ3v) is 4.95. The Hall–Kier alpha value is -2.99. The van der Waals surface area contributed by atoms with Gasteiger partial charge in [-0.25, -0.2) is 0 Å². The minimum atomic E-state index is -0.310. The highest BCUT2D eigenvalue weighted by Gasteiger charge is 2.10. The molecule has 0 unspecified atom stereocenters. The van der Waals surface area contributed by atoms with Crippen molar-refractivity contribution in [2.24, 2.45) is 0 Å². The smallest absolute Gasteiger partial charge is 0.291 e. The van der Waals surface area contributed by atoms with Crippen LogP contribution in [0.4, 0.5) is 11.4 Å². The molecule has 0 fully saturated rings. The number of anilines is 2. The van der Waals surface area contributed by atoms with Gasteiger partial charge in [0.1, 0.15) is 0 Å². The van der Waals surface area contributed by atoms with E-state index in [2.05, 4.69) is 10.6 Å². The highest BCUT2D eigenvalue weighted by atomic mass is 32.2. The number of benzene rings is 2. The van der Waals surface area contributed by atoms with Crippen molar-refractivity contribution in [3.05, 3.63) is 77.7 Å². The van der Waals surface area contributed by atoms with Crippen LogP contribution in [-0.4, -0.2) is 17.6 Å². The summed E-state index contributed by atoms with van der Waals surface area (Å²) < 4.78 is 5.08. The number of carbonyl (C=O) groups is 2. The Morgan fingerprint density at radius 3 is 2.41 bits per heavy atom. The van der Waals surface area contributed by atoms with Crippen molar-refractivity contribution < 1.29 is 14.0 Å². The molecule has 5 nitrogen and oxygen atoms in total. The average Bonchev–Trinajstić information content (AvgIpc) is 3.18. The Kier molecular flexibility index (Phi) is 5.98. The van der Waals surface area contributed by atoms with Gasteiger partial charge in [0.25, 0.3) is 5.91 Å². The molecule has 0 aliphatic carbocycles. The molecule has 0 spiro atoms. The Balaban J connectivity index is 1.58. The molecule has 0 atom stereocenters. The van der Waals surface area contributed by atoms with Crippen LogP contribution >= 0.6 is 11.8 Å². The molecule has 2 aromatic carbocycles. The number of hydrogen-bond acceptors (Lipinski definition) is 4. The molecule has 0 radical (unpaired) electrons. The van der Waals surface area contributed by atoms with E-state index in [0.29, 0.717) is 5.69 Å². The van der Waals surface area contributed by atoms with E-state index in [-0.39, 0.29) is 23.3 Å². The van der Waals surface area contributed by atoms with Crippen molar-refractivity contribution in [3.8, 4) is 0 Å². The third kappa shape index (κ3) is 5.01. The van der Waals surface area contributed by atoms with Crippen molar-refractivity contribution in [2.75, 3.05) is 16.4 Å². The lowest BCUT2D eigenvalue weighted by Crippen LogP contribution is -2.15.